The Morgan fingerprint density at radius 3 is 2.31 bits per heavy atom. The average Bonchev–Trinajstić information content (AvgIpc) is 2.17. The zero-order chi connectivity index (χ0) is 9.84. The molecular weight excluding hydrogens is 276 g/mol. The molecule has 1 nitrogen and oxygen atoms in total. The molecule has 0 N–H and O–H groups in total. The van der Waals surface area contributed by atoms with Crippen molar-refractivity contribution in [2.75, 3.05) is 0 Å². The van der Waals surface area contributed by atoms with E-state index < -0.39 is 0 Å². The van der Waals surface area contributed by atoms with Crippen LogP contribution in [0.1, 0.15) is 35.7 Å². The molecule has 70 valence electrons. The summed E-state index contributed by atoms with van der Waals surface area (Å²) in [4.78, 5) is 11.0. The first-order valence-corrected chi connectivity index (χ1v) is 6.17. The molecule has 0 aliphatic rings. The topological polar surface area (TPSA) is 17.1 Å². The Bertz CT molecular complexity index is 289. The molecule has 0 spiro atoms. The number of carbonyl (C=O) groups excluding carboxylic acids is 1. The van der Waals surface area contributed by atoms with Gasteiger partial charge in [0.1, 0.15) is 0 Å². The van der Waals surface area contributed by atoms with E-state index in [0.717, 1.165) is 5.56 Å². The van der Waals surface area contributed by atoms with Gasteiger partial charge in [0, 0.05) is 0 Å². The number of rotatable bonds is 3. The average molecular weight is 290 g/mol. The summed E-state index contributed by atoms with van der Waals surface area (Å²) >= 11 is 1.83. The standard InChI is InChI=1S/C11H14OTe/c1-8(7-13)10-3-5-11(6-4-10)9(2)12/h3-6,8,13H,7H2,1-2H3. The monoisotopic (exact) mass is 292 g/mol. The quantitative estimate of drug-likeness (QED) is 0.616. The summed E-state index contributed by atoms with van der Waals surface area (Å²) in [5, 5.41) is 0. The molecule has 1 atom stereocenters. The van der Waals surface area contributed by atoms with Crippen LogP contribution in [0.2, 0.25) is 4.47 Å². The van der Waals surface area contributed by atoms with Gasteiger partial charge >= 0.3 is 92.5 Å². The Morgan fingerprint density at radius 1 is 1.38 bits per heavy atom. The van der Waals surface area contributed by atoms with Gasteiger partial charge in [0.2, 0.25) is 0 Å². The summed E-state index contributed by atoms with van der Waals surface area (Å²) in [5.74, 6) is 0.745. The van der Waals surface area contributed by atoms with Crippen molar-refractivity contribution in [1.82, 2.24) is 0 Å². The maximum absolute atomic E-state index is 11.0. The first-order valence-electron chi connectivity index (χ1n) is 4.37. The normalized spacial score (nSPS) is 12.5. The Kier molecular flexibility index (Phi) is 3.96. The summed E-state index contributed by atoms with van der Waals surface area (Å²) in [5.41, 5.74) is 2.13. The maximum atomic E-state index is 11.0. The summed E-state index contributed by atoms with van der Waals surface area (Å²) in [7, 11) is 0. The van der Waals surface area contributed by atoms with Gasteiger partial charge in [0.25, 0.3) is 0 Å². The molecule has 1 rings (SSSR count). The number of hydrogen-bond acceptors (Lipinski definition) is 1. The Balaban J connectivity index is 2.87. The van der Waals surface area contributed by atoms with E-state index in [0.29, 0.717) is 5.92 Å². The Hall–Kier alpha value is -0.320. The minimum atomic E-state index is 0.138. The van der Waals surface area contributed by atoms with Crippen molar-refractivity contribution in [2.45, 2.75) is 24.2 Å². The SMILES string of the molecule is CC(=O)c1ccc(C(C)C[TeH])cc1. The molecule has 0 bridgehead atoms. The van der Waals surface area contributed by atoms with Crippen molar-refractivity contribution in [1.29, 1.82) is 0 Å². The van der Waals surface area contributed by atoms with E-state index in [2.05, 4.69) is 19.1 Å². The third-order valence-corrected chi connectivity index (χ3v) is 3.72. The van der Waals surface area contributed by atoms with Crippen molar-refractivity contribution >= 4 is 28.1 Å². The third-order valence-electron chi connectivity index (χ3n) is 2.16. The van der Waals surface area contributed by atoms with Crippen molar-refractivity contribution < 1.29 is 4.79 Å². The molecule has 0 saturated carbocycles. The zero-order valence-corrected chi connectivity index (χ0v) is 10.5. The molecule has 2 heteroatoms. The van der Waals surface area contributed by atoms with Crippen LogP contribution in [0.3, 0.4) is 0 Å². The number of ketones is 1. The fraction of sp³-hybridized carbons (Fsp3) is 0.364. The van der Waals surface area contributed by atoms with Crippen molar-refractivity contribution in [2.24, 2.45) is 0 Å². The van der Waals surface area contributed by atoms with Gasteiger partial charge in [-0.25, -0.2) is 0 Å². The van der Waals surface area contributed by atoms with Gasteiger partial charge in [0.05, 0.1) is 0 Å². The second kappa shape index (κ2) is 4.79. The van der Waals surface area contributed by atoms with E-state index in [4.69, 9.17) is 0 Å². The number of benzene rings is 1. The van der Waals surface area contributed by atoms with Crippen LogP contribution in [-0.4, -0.2) is 28.1 Å². The first-order chi connectivity index (χ1) is 6.15. The molecule has 1 aromatic carbocycles. The van der Waals surface area contributed by atoms with Gasteiger partial charge in [-0.05, 0) is 0 Å². The van der Waals surface area contributed by atoms with Gasteiger partial charge in [-0.3, -0.25) is 0 Å². The van der Waals surface area contributed by atoms with Gasteiger partial charge in [-0.15, -0.1) is 0 Å². The molecule has 13 heavy (non-hydrogen) atoms. The second-order valence-electron chi connectivity index (χ2n) is 3.26. The minimum absolute atomic E-state index is 0.138. The van der Waals surface area contributed by atoms with E-state index in [9.17, 15) is 4.79 Å². The second-order valence-corrected chi connectivity index (χ2v) is 4.30. The molecule has 0 radical (unpaired) electrons. The molecule has 0 aromatic heterocycles. The van der Waals surface area contributed by atoms with Crippen molar-refractivity contribution in [3.63, 3.8) is 0 Å². The van der Waals surface area contributed by atoms with Crippen LogP contribution in [-0.2, 0) is 0 Å². The summed E-state index contributed by atoms with van der Waals surface area (Å²) < 4.78 is 1.19. The predicted octanol–water partition coefficient (Wildman–Crippen LogP) is 2.31. The molecule has 0 fully saturated rings. The van der Waals surface area contributed by atoms with Gasteiger partial charge in [-0.1, -0.05) is 0 Å². The van der Waals surface area contributed by atoms with Crippen LogP contribution in [0.5, 0.6) is 0 Å². The molecular formula is C11H14OTe. The summed E-state index contributed by atoms with van der Waals surface area (Å²) in [6.45, 7) is 3.81. The van der Waals surface area contributed by atoms with Crippen molar-refractivity contribution in [3.8, 4) is 0 Å². The van der Waals surface area contributed by atoms with E-state index >= 15 is 0 Å². The van der Waals surface area contributed by atoms with E-state index in [1.54, 1.807) is 6.92 Å². The van der Waals surface area contributed by atoms with Crippen LogP contribution in [0.25, 0.3) is 0 Å². The van der Waals surface area contributed by atoms with Crippen LogP contribution < -0.4 is 0 Å². The fourth-order valence-corrected chi connectivity index (χ4v) is 1.75. The molecule has 1 unspecified atom stereocenters. The number of carbonyl (C=O) groups is 1. The summed E-state index contributed by atoms with van der Waals surface area (Å²) in [6, 6.07) is 7.93. The van der Waals surface area contributed by atoms with Crippen LogP contribution in [0.4, 0.5) is 0 Å². The fourth-order valence-electron chi connectivity index (χ4n) is 1.15. The summed E-state index contributed by atoms with van der Waals surface area (Å²) in [6.07, 6.45) is 0. The van der Waals surface area contributed by atoms with Crippen LogP contribution >= 0.6 is 0 Å². The zero-order valence-electron chi connectivity index (χ0n) is 7.95. The Morgan fingerprint density at radius 2 is 1.92 bits per heavy atom. The van der Waals surface area contributed by atoms with Crippen molar-refractivity contribution in [3.05, 3.63) is 35.4 Å². The van der Waals surface area contributed by atoms with E-state index in [1.807, 2.05) is 34.4 Å². The molecule has 0 heterocycles. The number of hydrogen-bond donors (Lipinski definition) is 0. The van der Waals surface area contributed by atoms with Gasteiger partial charge in [-0.2, -0.15) is 0 Å². The van der Waals surface area contributed by atoms with E-state index in [1.165, 1.54) is 10.0 Å². The van der Waals surface area contributed by atoms with Gasteiger partial charge in [0.15, 0.2) is 0 Å². The molecule has 0 saturated heterocycles. The van der Waals surface area contributed by atoms with E-state index in [-0.39, 0.29) is 5.78 Å². The van der Waals surface area contributed by atoms with Crippen LogP contribution in [0, 0.1) is 0 Å². The number of Topliss-reactive ketones (excluding diaryl/α,β-unsaturated/α-hetero) is 1. The molecule has 1 aromatic rings. The Labute approximate surface area is 92.4 Å². The van der Waals surface area contributed by atoms with Gasteiger partial charge < -0.3 is 0 Å². The predicted molar refractivity (Wildman–Crippen MR) is 56.8 cm³/mol. The van der Waals surface area contributed by atoms with Crippen LogP contribution in [0.15, 0.2) is 24.3 Å². The molecule has 0 aliphatic heterocycles. The molecule has 0 amide bonds. The third kappa shape index (κ3) is 2.83. The molecule has 0 aliphatic carbocycles. The first kappa shape index (κ1) is 10.8.